The molecule has 0 unspecified atom stereocenters. The van der Waals surface area contributed by atoms with E-state index in [1.54, 1.807) is 19.1 Å². The van der Waals surface area contributed by atoms with Gasteiger partial charge in [0.25, 0.3) is 0 Å². The molecule has 0 amide bonds. The molecule has 0 aliphatic carbocycles. The van der Waals surface area contributed by atoms with Gasteiger partial charge in [0, 0.05) is 11.6 Å². The summed E-state index contributed by atoms with van der Waals surface area (Å²) >= 11 is 5.91. The van der Waals surface area contributed by atoms with Gasteiger partial charge in [0.15, 0.2) is 0 Å². The van der Waals surface area contributed by atoms with Gasteiger partial charge < -0.3 is 10.2 Å². The second kappa shape index (κ2) is 5.97. The van der Waals surface area contributed by atoms with Gasteiger partial charge in [-0.05, 0) is 42.8 Å². The van der Waals surface area contributed by atoms with Crippen LogP contribution in [-0.2, 0) is 23.1 Å². The van der Waals surface area contributed by atoms with Crippen LogP contribution < -0.4 is 10.5 Å². The summed E-state index contributed by atoms with van der Waals surface area (Å²) in [5, 5.41) is 0.452. The Bertz CT molecular complexity index is 710. The summed E-state index contributed by atoms with van der Waals surface area (Å²) in [6.07, 6.45) is 0. The second-order valence-electron chi connectivity index (χ2n) is 4.29. The third-order valence-electron chi connectivity index (χ3n) is 2.78. The van der Waals surface area contributed by atoms with E-state index in [1.807, 2.05) is 0 Å². The summed E-state index contributed by atoms with van der Waals surface area (Å²) in [5.74, 6) is 1.29. The minimum atomic E-state index is -3.62. The molecule has 0 aliphatic heterocycles. The summed E-state index contributed by atoms with van der Waals surface area (Å²) in [4.78, 5) is 0.130. The minimum Gasteiger partial charge on any atom is -0.465 e. The molecule has 2 rings (SSSR count). The van der Waals surface area contributed by atoms with E-state index in [4.69, 9.17) is 21.8 Å². The number of hydrogen-bond acceptors (Lipinski definition) is 4. The fraction of sp³-hybridized carbons (Fsp3) is 0.231. The SMILES string of the molecule is Cc1ccc(CNS(=O)(=O)c2ccc(Cl)c(CN)c2)o1. The van der Waals surface area contributed by atoms with Crippen LogP contribution in [0.5, 0.6) is 0 Å². The molecular formula is C13H15ClN2O3S. The maximum Gasteiger partial charge on any atom is 0.240 e. The zero-order valence-electron chi connectivity index (χ0n) is 10.9. The molecule has 1 heterocycles. The fourth-order valence-corrected chi connectivity index (χ4v) is 2.94. The lowest BCUT2D eigenvalue weighted by atomic mass is 10.2. The van der Waals surface area contributed by atoms with E-state index in [9.17, 15) is 8.42 Å². The standard InChI is InChI=1S/C13H15ClN2O3S/c1-9-2-3-11(19-9)8-16-20(17,18)12-4-5-13(14)10(6-12)7-15/h2-6,16H,7-8,15H2,1H3. The van der Waals surface area contributed by atoms with Crippen LogP contribution in [0.15, 0.2) is 39.6 Å². The molecule has 0 aliphatic rings. The first kappa shape index (κ1) is 15.1. The molecule has 3 N–H and O–H groups in total. The van der Waals surface area contributed by atoms with E-state index < -0.39 is 10.0 Å². The van der Waals surface area contributed by atoms with Gasteiger partial charge in [0.2, 0.25) is 10.0 Å². The first-order valence-corrected chi connectivity index (χ1v) is 7.82. The third-order valence-corrected chi connectivity index (χ3v) is 4.55. The molecule has 1 aromatic heterocycles. The number of halogens is 1. The van der Waals surface area contributed by atoms with Gasteiger partial charge >= 0.3 is 0 Å². The van der Waals surface area contributed by atoms with Crippen LogP contribution >= 0.6 is 11.6 Å². The Morgan fingerprint density at radius 2 is 2.05 bits per heavy atom. The van der Waals surface area contributed by atoms with Crippen molar-refractivity contribution in [1.82, 2.24) is 4.72 Å². The summed E-state index contributed by atoms with van der Waals surface area (Å²) in [6, 6.07) is 7.94. The first-order chi connectivity index (χ1) is 9.42. The van der Waals surface area contributed by atoms with E-state index in [0.717, 1.165) is 5.76 Å². The molecule has 0 bridgehead atoms. The van der Waals surface area contributed by atoms with Gasteiger partial charge in [0.05, 0.1) is 11.4 Å². The monoisotopic (exact) mass is 314 g/mol. The van der Waals surface area contributed by atoms with Crippen molar-refractivity contribution in [1.29, 1.82) is 0 Å². The molecule has 20 heavy (non-hydrogen) atoms. The van der Waals surface area contributed by atoms with Crippen LogP contribution in [0.1, 0.15) is 17.1 Å². The number of furan rings is 1. The Hall–Kier alpha value is -1.34. The van der Waals surface area contributed by atoms with Crippen LogP contribution in [0.2, 0.25) is 5.02 Å². The van der Waals surface area contributed by atoms with Gasteiger partial charge in [-0.2, -0.15) is 0 Å². The molecule has 1 aromatic carbocycles. The fourth-order valence-electron chi connectivity index (χ4n) is 1.70. The van der Waals surface area contributed by atoms with Crippen LogP contribution in [0.4, 0.5) is 0 Å². The quantitative estimate of drug-likeness (QED) is 0.885. The third kappa shape index (κ3) is 3.40. The first-order valence-electron chi connectivity index (χ1n) is 5.96. The number of nitrogens with one attached hydrogen (secondary N) is 1. The van der Waals surface area contributed by atoms with Gasteiger partial charge in [-0.3, -0.25) is 0 Å². The van der Waals surface area contributed by atoms with E-state index in [1.165, 1.54) is 18.2 Å². The number of hydrogen-bond donors (Lipinski definition) is 2. The molecule has 0 atom stereocenters. The normalized spacial score (nSPS) is 11.8. The van der Waals surface area contributed by atoms with Crippen molar-refractivity contribution in [3.8, 4) is 0 Å². The molecule has 0 fully saturated rings. The molecule has 0 saturated carbocycles. The molecule has 5 nitrogen and oxygen atoms in total. The zero-order valence-corrected chi connectivity index (χ0v) is 12.5. The van der Waals surface area contributed by atoms with Gasteiger partial charge in [0.1, 0.15) is 11.5 Å². The maximum absolute atomic E-state index is 12.2. The van der Waals surface area contributed by atoms with Crippen molar-refractivity contribution in [2.75, 3.05) is 0 Å². The summed E-state index contributed by atoms with van der Waals surface area (Å²) in [5.41, 5.74) is 6.10. The summed E-state index contributed by atoms with van der Waals surface area (Å²) < 4.78 is 32.1. The van der Waals surface area contributed by atoms with Crippen LogP contribution in [0.25, 0.3) is 0 Å². The Morgan fingerprint density at radius 3 is 2.65 bits per heavy atom. The Balaban J connectivity index is 2.17. The highest BCUT2D eigenvalue weighted by molar-refractivity contribution is 7.89. The summed E-state index contributed by atoms with van der Waals surface area (Å²) in [7, 11) is -3.62. The van der Waals surface area contributed by atoms with Crippen LogP contribution in [-0.4, -0.2) is 8.42 Å². The molecule has 0 radical (unpaired) electrons. The van der Waals surface area contributed by atoms with E-state index in [2.05, 4.69) is 4.72 Å². The highest BCUT2D eigenvalue weighted by atomic mass is 35.5. The average molecular weight is 315 g/mol. The maximum atomic E-state index is 12.2. The van der Waals surface area contributed by atoms with E-state index in [-0.39, 0.29) is 18.0 Å². The van der Waals surface area contributed by atoms with Crippen molar-refractivity contribution >= 4 is 21.6 Å². The lowest BCUT2D eigenvalue weighted by Gasteiger charge is -2.08. The lowest BCUT2D eigenvalue weighted by Crippen LogP contribution is -2.23. The molecule has 0 saturated heterocycles. The van der Waals surface area contributed by atoms with Crippen molar-refractivity contribution < 1.29 is 12.8 Å². The van der Waals surface area contributed by atoms with E-state index >= 15 is 0 Å². The largest absolute Gasteiger partial charge is 0.465 e. The topological polar surface area (TPSA) is 85.3 Å². The molecule has 7 heteroatoms. The van der Waals surface area contributed by atoms with Crippen molar-refractivity contribution in [3.05, 3.63) is 52.4 Å². The van der Waals surface area contributed by atoms with Crippen molar-refractivity contribution in [2.45, 2.75) is 24.9 Å². The lowest BCUT2D eigenvalue weighted by molar-refractivity contribution is 0.475. The predicted octanol–water partition coefficient (Wildman–Crippen LogP) is 2.18. The predicted molar refractivity (Wildman–Crippen MR) is 76.8 cm³/mol. The highest BCUT2D eigenvalue weighted by Gasteiger charge is 2.16. The number of nitrogens with two attached hydrogens (primary N) is 1. The Kier molecular flexibility index (Phi) is 4.49. The minimum absolute atomic E-state index is 0.0940. The smallest absolute Gasteiger partial charge is 0.240 e. The van der Waals surface area contributed by atoms with Crippen LogP contribution in [0, 0.1) is 6.92 Å². The number of aryl methyl sites for hydroxylation is 1. The van der Waals surface area contributed by atoms with Gasteiger partial charge in [-0.25, -0.2) is 13.1 Å². The highest BCUT2D eigenvalue weighted by Crippen LogP contribution is 2.20. The van der Waals surface area contributed by atoms with Crippen molar-refractivity contribution in [2.24, 2.45) is 5.73 Å². The number of rotatable bonds is 5. The van der Waals surface area contributed by atoms with Gasteiger partial charge in [-0.15, -0.1) is 0 Å². The van der Waals surface area contributed by atoms with Gasteiger partial charge in [-0.1, -0.05) is 11.6 Å². The summed E-state index contributed by atoms with van der Waals surface area (Å²) in [6.45, 7) is 2.07. The molecule has 108 valence electrons. The number of benzene rings is 1. The van der Waals surface area contributed by atoms with Crippen molar-refractivity contribution in [3.63, 3.8) is 0 Å². The van der Waals surface area contributed by atoms with E-state index in [0.29, 0.717) is 16.3 Å². The molecule has 0 spiro atoms. The molecule has 2 aromatic rings. The molecular weight excluding hydrogens is 300 g/mol. The van der Waals surface area contributed by atoms with Crippen LogP contribution in [0.3, 0.4) is 0 Å². The number of sulfonamides is 1. The second-order valence-corrected chi connectivity index (χ2v) is 6.47. The Labute approximate surface area is 122 Å². The zero-order chi connectivity index (χ0) is 14.8. The average Bonchev–Trinajstić information content (AvgIpc) is 2.83. The Morgan fingerprint density at radius 1 is 1.30 bits per heavy atom.